The van der Waals surface area contributed by atoms with Crippen LogP contribution in [-0.4, -0.2) is 29.5 Å². The van der Waals surface area contributed by atoms with Crippen LogP contribution in [0.3, 0.4) is 0 Å². The Hall–Kier alpha value is -4.53. The van der Waals surface area contributed by atoms with Crippen molar-refractivity contribution in [2.24, 2.45) is 0 Å². The van der Waals surface area contributed by atoms with E-state index in [1.165, 1.54) is 0 Å². The molecule has 0 atom stereocenters. The van der Waals surface area contributed by atoms with Crippen molar-refractivity contribution in [3.8, 4) is 16.9 Å². The highest BCUT2D eigenvalue weighted by Gasteiger charge is 2.24. The van der Waals surface area contributed by atoms with Gasteiger partial charge in [0.15, 0.2) is 0 Å². The Morgan fingerprint density at radius 2 is 1.61 bits per heavy atom. The van der Waals surface area contributed by atoms with Gasteiger partial charge in [0.1, 0.15) is 29.1 Å². The number of aromatic nitrogens is 3. The van der Waals surface area contributed by atoms with Gasteiger partial charge in [0, 0.05) is 23.6 Å². The summed E-state index contributed by atoms with van der Waals surface area (Å²) in [6.07, 6.45) is 0. The Bertz CT molecular complexity index is 1760. The molecule has 188 valence electrons. The van der Waals surface area contributed by atoms with E-state index in [1.54, 1.807) is 0 Å². The molecule has 0 radical (unpaired) electrons. The van der Waals surface area contributed by atoms with E-state index in [0.29, 0.717) is 24.5 Å². The summed E-state index contributed by atoms with van der Waals surface area (Å²) in [5.74, 6) is -0.371. The lowest BCUT2D eigenvalue weighted by molar-refractivity contribution is 0.0687. The first-order valence-electron chi connectivity index (χ1n) is 12.1. The third-order valence-corrected chi connectivity index (χ3v) is 7.13. The smallest absolute Gasteiger partial charge is 0.353 e. The van der Waals surface area contributed by atoms with Crippen molar-refractivity contribution in [3.63, 3.8) is 0 Å². The summed E-state index contributed by atoms with van der Waals surface area (Å²) < 4.78 is 16.5. The van der Waals surface area contributed by atoms with Gasteiger partial charge in [0.25, 0.3) is 0 Å². The van der Waals surface area contributed by atoms with E-state index in [0.717, 1.165) is 55.9 Å². The van der Waals surface area contributed by atoms with Gasteiger partial charge in [0.2, 0.25) is 0 Å². The van der Waals surface area contributed by atoms with Crippen LogP contribution in [0.2, 0.25) is 0 Å². The van der Waals surface area contributed by atoms with Crippen LogP contribution in [0.4, 0.5) is 0 Å². The zero-order valence-electron chi connectivity index (χ0n) is 20.2. The number of carbonyl (C=O) groups is 1. The topological polar surface area (TPSA) is 97.5 Å². The molecule has 0 saturated carbocycles. The number of rotatable bonds is 8. The zero-order valence-corrected chi connectivity index (χ0v) is 21.1. The third kappa shape index (κ3) is 4.51. The van der Waals surface area contributed by atoms with Gasteiger partial charge in [-0.25, -0.2) is 4.79 Å². The molecule has 0 saturated heterocycles. The number of carboxylic acid groups (broad SMARTS) is 1. The molecule has 0 spiro atoms. The molecular weight excluding hydrogens is 498 g/mol. The van der Waals surface area contributed by atoms with E-state index in [-0.39, 0.29) is 12.3 Å². The molecule has 6 rings (SSSR count). The highest BCUT2D eigenvalue weighted by atomic mass is 32.1. The molecule has 4 aromatic carbocycles. The van der Waals surface area contributed by atoms with Gasteiger partial charge in [-0.1, -0.05) is 60.7 Å². The Morgan fingerprint density at radius 3 is 2.37 bits per heavy atom. The molecule has 6 aromatic rings. The third-order valence-electron chi connectivity index (χ3n) is 6.57. The van der Waals surface area contributed by atoms with Crippen molar-refractivity contribution in [3.05, 3.63) is 113 Å². The summed E-state index contributed by atoms with van der Waals surface area (Å²) in [6.45, 7) is 0.661. The Kier molecular flexibility index (Phi) is 6.33. The van der Waals surface area contributed by atoms with Crippen molar-refractivity contribution in [1.29, 1.82) is 0 Å². The van der Waals surface area contributed by atoms with Gasteiger partial charge in [-0.3, -0.25) is 0 Å². The minimum Gasteiger partial charge on any atom is -0.489 e. The number of nitrogens with zero attached hydrogens (tertiary/aromatic N) is 3. The van der Waals surface area contributed by atoms with Crippen molar-refractivity contribution < 1.29 is 19.7 Å². The van der Waals surface area contributed by atoms with Crippen molar-refractivity contribution in [1.82, 2.24) is 13.3 Å². The summed E-state index contributed by atoms with van der Waals surface area (Å²) >= 11 is 1.15. The molecule has 0 amide bonds. The number of aromatic carboxylic acids is 1. The summed E-state index contributed by atoms with van der Waals surface area (Å²) in [5.41, 5.74) is 6.66. The van der Waals surface area contributed by atoms with Gasteiger partial charge in [-0.2, -0.15) is 8.75 Å². The molecule has 0 bridgehead atoms. The second kappa shape index (κ2) is 10.1. The largest absolute Gasteiger partial charge is 0.489 e. The van der Waals surface area contributed by atoms with Crippen molar-refractivity contribution in [2.45, 2.75) is 19.8 Å². The second-order valence-electron chi connectivity index (χ2n) is 9.01. The normalized spacial score (nSPS) is 11.3. The number of aliphatic hydroxyl groups excluding tert-OH is 1. The lowest BCUT2D eigenvalue weighted by atomic mass is 10.0. The molecule has 0 aliphatic rings. The van der Waals surface area contributed by atoms with Crippen LogP contribution in [0.25, 0.3) is 33.1 Å². The molecule has 0 aliphatic carbocycles. The number of benzene rings is 4. The summed E-state index contributed by atoms with van der Waals surface area (Å²) in [4.78, 5) is 12.8. The SMILES string of the molecule is O=C(O)c1c(-c2ccc(CO)cc2)c2ccc(OCc3ccccc3)cc2n1Cc1ccc2nsnc2c1. The number of carboxylic acids is 1. The van der Waals surface area contributed by atoms with Gasteiger partial charge in [0.05, 0.1) is 23.9 Å². The van der Waals surface area contributed by atoms with Crippen LogP contribution in [0.15, 0.2) is 91.0 Å². The first kappa shape index (κ1) is 23.8. The van der Waals surface area contributed by atoms with E-state index in [4.69, 9.17) is 4.74 Å². The van der Waals surface area contributed by atoms with Crippen LogP contribution in [-0.2, 0) is 19.8 Å². The molecule has 2 aromatic heterocycles. The highest BCUT2D eigenvalue weighted by molar-refractivity contribution is 7.00. The lowest BCUT2D eigenvalue weighted by Gasteiger charge is -2.11. The number of ether oxygens (including phenoxy) is 1. The van der Waals surface area contributed by atoms with Crippen LogP contribution in [0, 0.1) is 0 Å². The van der Waals surface area contributed by atoms with E-state index >= 15 is 0 Å². The van der Waals surface area contributed by atoms with E-state index in [9.17, 15) is 15.0 Å². The first-order chi connectivity index (χ1) is 18.6. The second-order valence-corrected chi connectivity index (χ2v) is 9.54. The maximum atomic E-state index is 12.8. The van der Waals surface area contributed by atoms with Crippen molar-refractivity contribution in [2.75, 3.05) is 0 Å². The fraction of sp³-hybridized carbons (Fsp3) is 0.100. The van der Waals surface area contributed by atoms with Crippen LogP contribution in [0.1, 0.15) is 27.2 Å². The van der Waals surface area contributed by atoms with Crippen molar-refractivity contribution >= 4 is 39.6 Å². The molecule has 7 nitrogen and oxygen atoms in total. The number of hydrogen-bond acceptors (Lipinski definition) is 6. The number of hydrogen-bond donors (Lipinski definition) is 2. The fourth-order valence-electron chi connectivity index (χ4n) is 4.72. The molecule has 2 heterocycles. The lowest BCUT2D eigenvalue weighted by Crippen LogP contribution is -2.10. The Balaban J connectivity index is 1.50. The molecule has 38 heavy (non-hydrogen) atoms. The maximum absolute atomic E-state index is 12.8. The zero-order chi connectivity index (χ0) is 26.1. The predicted octanol–water partition coefficient (Wildman–Crippen LogP) is 6.13. The molecule has 2 N–H and O–H groups in total. The minimum atomic E-state index is -1.02. The average molecular weight is 522 g/mol. The van der Waals surface area contributed by atoms with E-state index in [1.807, 2.05) is 95.6 Å². The van der Waals surface area contributed by atoms with Gasteiger partial charge >= 0.3 is 5.97 Å². The summed E-state index contributed by atoms with van der Waals surface area (Å²) in [5, 5.41) is 20.7. The number of aliphatic hydroxyl groups is 1. The summed E-state index contributed by atoms with van der Waals surface area (Å²) in [6, 6.07) is 28.7. The average Bonchev–Trinajstić information content (AvgIpc) is 3.55. The fourth-order valence-corrected chi connectivity index (χ4v) is 5.24. The van der Waals surface area contributed by atoms with Crippen LogP contribution < -0.4 is 4.74 Å². The summed E-state index contributed by atoms with van der Waals surface area (Å²) in [7, 11) is 0. The molecule has 0 fully saturated rings. The van der Waals surface area contributed by atoms with E-state index in [2.05, 4.69) is 8.75 Å². The highest BCUT2D eigenvalue weighted by Crippen LogP contribution is 2.38. The van der Waals surface area contributed by atoms with Crippen LogP contribution in [0.5, 0.6) is 5.75 Å². The molecule has 8 heteroatoms. The predicted molar refractivity (Wildman–Crippen MR) is 148 cm³/mol. The number of fused-ring (bicyclic) bond motifs is 2. The quantitative estimate of drug-likeness (QED) is 0.250. The minimum absolute atomic E-state index is 0.0795. The van der Waals surface area contributed by atoms with Gasteiger partial charge in [-0.05, 0) is 46.5 Å². The molecule has 0 unspecified atom stereocenters. The Labute approximate surface area is 222 Å². The van der Waals surface area contributed by atoms with Gasteiger partial charge < -0.3 is 19.5 Å². The van der Waals surface area contributed by atoms with Crippen LogP contribution >= 0.6 is 11.7 Å². The molecular formula is C30H23N3O4S. The molecule has 0 aliphatic heterocycles. The maximum Gasteiger partial charge on any atom is 0.353 e. The standard InChI is InChI=1S/C30H23N3O4S/c34-17-19-6-9-22(10-7-19)28-24-12-11-23(37-18-20-4-2-1-3-5-20)15-27(24)33(29(28)30(35)36)16-21-8-13-25-26(14-21)32-38-31-25/h1-15,34H,16-18H2,(H,35,36). The Morgan fingerprint density at radius 1 is 0.842 bits per heavy atom. The van der Waals surface area contributed by atoms with Gasteiger partial charge in [-0.15, -0.1) is 0 Å². The monoisotopic (exact) mass is 521 g/mol. The van der Waals surface area contributed by atoms with E-state index < -0.39 is 5.97 Å². The first-order valence-corrected chi connectivity index (χ1v) is 12.8.